The fraction of sp³-hybridized carbons (Fsp3) is 0.182. The minimum Gasteiger partial charge on any atom is -0.493 e. The standard InChI is InChI=1S/C22H19N3O5S/c1-28-18-9-14-8-15(11-23)21(25-17(14)10-19(18)29-2)31-12-20(26)24-16-6-4-13(5-7-16)22(27)30-3/h4-10H,12H2,1-3H3,(H,24,26). The van der Waals surface area contributed by atoms with Gasteiger partial charge in [0.1, 0.15) is 11.1 Å². The van der Waals surface area contributed by atoms with Gasteiger partial charge >= 0.3 is 5.97 Å². The molecule has 0 spiro atoms. The summed E-state index contributed by atoms with van der Waals surface area (Å²) in [6, 6.07) is 13.7. The van der Waals surface area contributed by atoms with E-state index in [1.165, 1.54) is 21.3 Å². The second kappa shape index (κ2) is 9.82. The van der Waals surface area contributed by atoms with Crippen LogP contribution in [0.2, 0.25) is 0 Å². The molecule has 3 rings (SSSR count). The highest BCUT2D eigenvalue weighted by Crippen LogP contribution is 2.33. The number of ether oxygens (including phenoxy) is 3. The molecule has 0 fully saturated rings. The van der Waals surface area contributed by atoms with E-state index in [4.69, 9.17) is 9.47 Å². The fourth-order valence-corrected chi connectivity index (χ4v) is 3.57. The van der Waals surface area contributed by atoms with Crippen LogP contribution in [-0.2, 0) is 9.53 Å². The summed E-state index contributed by atoms with van der Waals surface area (Å²) in [6.45, 7) is 0. The van der Waals surface area contributed by atoms with Crippen LogP contribution < -0.4 is 14.8 Å². The molecule has 0 aliphatic rings. The van der Waals surface area contributed by atoms with E-state index < -0.39 is 5.97 Å². The second-order valence-electron chi connectivity index (χ2n) is 6.26. The molecule has 0 aliphatic heterocycles. The van der Waals surface area contributed by atoms with Crippen LogP contribution in [0.25, 0.3) is 10.9 Å². The fourth-order valence-electron chi connectivity index (χ4n) is 2.81. The molecule has 31 heavy (non-hydrogen) atoms. The first kappa shape index (κ1) is 21.9. The smallest absolute Gasteiger partial charge is 0.337 e. The Morgan fingerprint density at radius 2 is 1.74 bits per heavy atom. The van der Waals surface area contributed by atoms with Crippen molar-refractivity contribution in [2.75, 3.05) is 32.4 Å². The first-order valence-electron chi connectivity index (χ1n) is 9.07. The highest BCUT2D eigenvalue weighted by Gasteiger charge is 2.14. The van der Waals surface area contributed by atoms with Gasteiger partial charge in [-0.15, -0.1) is 0 Å². The molecular formula is C22H19N3O5S. The first-order chi connectivity index (χ1) is 15.0. The Morgan fingerprint density at radius 1 is 1.06 bits per heavy atom. The van der Waals surface area contributed by atoms with E-state index in [0.717, 1.165) is 17.1 Å². The lowest BCUT2D eigenvalue weighted by atomic mass is 10.1. The van der Waals surface area contributed by atoms with Crippen molar-refractivity contribution in [2.45, 2.75) is 5.03 Å². The van der Waals surface area contributed by atoms with Crippen molar-refractivity contribution >= 4 is 40.2 Å². The molecule has 8 nitrogen and oxygen atoms in total. The number of hydrogen-bond donors (Lipinski definition) is 1. The van der Waals surface area contributed by atoms with E-state index in [-0.39, 0.29) is 11.7 Å². The molecule has 0 radical (unpaired) electrons. The molecule has 3 aromatic rings. The molecule has 9 heteroatoms. The molecule has 0 unspecified atom stereocenters. The van der Waals surface area contributed by atoms with Gasteiger partial charge in [-0.05, 0) is 36.4 Å². The van der Waals surface area contributed by atoms with Crippen molar-refractivity contribution < 1.29 is 23.8 Å². The van der Waals surface area contributed by atoms with Crippen LogP contribution in [0, 0.1) is 11.3 Å². The first-order valence-corrected chi connectivity index (χ1v) is 10.1. The summed E-state index contributed by atoms with van der Waals surface area (Å²) >= 11 is 1.16. The molecule has 1 heterocycles. The second-order valence-corrected chi connectivity index (χ2v) is 7.22. The van der Waals surface area contributed by atoms with Gasteiger partial charge in [0.05, 0.1) is 43.7 Å². The molecule has 1 amide bonds. The third-order valence-electron chi connectivity index (χ3n) is 4.34. The highest BCUT2D eigenvalue weighted by atomic mass is 32.2. The zero-order valence-corrected chi connectivity index (χ0v) is 17.9. The maximum atomic E-state index is 12.3. The van der Waals surface area contributed by atoms with Crippen LogP contribution in [0.5, 0.6) is 11.5 Å². The summed E-state index contributed by atoms with van der Waals surface area (Å²) in [5, 5.41) is 13.4. The van der Waals surface area contributed by atoms with Crippen molar-refractivity contribution in [3.05, 3.63) is 53.6 Å². The Labute approximate surface area is 183 Å². The summed E-state index contributed by atoms with van der Waals surface area (Å²) in [6.07, 6.45) is 0. The molecule has 0 atom stereocenters. The number of esters is 1. The number of fused-ring (bicyclic) bond motifs is 1. The lowest BCUT2D eigenvalue weighted by molar-refractivity contribution is -0.113. The lowest BCUT2D eigenvalue weighted by Gasteiger charge is -2.11. The number of amides is 1. The third-order valence-corrected chi connectivity index (χ3v) is 5.33. The minimum atomic E-state index is -0.450. The number of carbonyl (C=O) groups excluding carboxylic acids is 2. The molecule has 1 N–H and O–H groups in total. The number of hydrogen-bond acceptors (Lipinski definition) is 8. The van der Waals surface area contributed by atoms with Crippen molar-refractivity contribution in [3.8, 4) is 17.6 Å². The number of methoxy groups -OCH3 is 3. The maximum Gasteiger partial charge on any atom is 0.337 e. The Morgan fingerprint density at radius 3 is 2.35 bits per heavy atom. The van der Waals surface area contributed by atoms with Gasteiger partial charge in [-0.25, -0.2) is 9.78 Å². The average Bonchev–Trinajstić information content (AvgIpc) is 2.81. The van der Waals surface area contributed by atoms with Crippen LogP contribution in [0.15, 0.2) is 47.5 Å². The molecule has 2 aromatic carbocycles. The molecule has 0 aliphatic carbocycles. The molecule has 0 saturated carbocycles. The Hall–Kier alpha value is -3.77. The third kappa shape index (κ3) is 5.05. The van der Waals surface area contributed by atoms with Gasteiger partial charge in [-0.3, -0.25) is 4.79 Å². The predicted octanol–water partition coefficient (Wildman–Crippen LogP) is 3.64. The number of thioether (sulfide) groups is 1. The zero-order chi connectivity index (χ0) is 22.4. The van der Waals surface area contributed by atoms with Crippen molar-refractivity contribution in [2.24, 2.45) is 0 Å². The quantitative estimate of drug-likeness (QED) is 0.441. The van der Waals surface area contributed by atoms with E-state index in [0.29, 0.717) is 38.9 Å². The number of nitriles is 1. The van der Waals surface area contributed by atoms with E-state index >= 15 is 0 Å². The Kier molecular flexibility index (Phi) is 6.95. The van der Waals surface area contributed by atoms with E-state index in [1.54, 1.807) is 42.5 Å². The van der Waals surface area contributed by atoms with Crippen molar-refractivity contribution in [3.63, 3.8) is 0 Å². The maximum absolute atomic E-state index is 12.3. The molecule has 158 valence electrons. The number of pyridine rings is 1. The van der Waals surface area contributed by atoms with Gasteiger partial charge in [-0.2, -0.15) is 5.26 Å². The van der Waals surface area contributed by atoms with Crippen LogP contribution in [0.1, 0.15) is 15.9 Å². The van der Waals surface area contributed by atoms with Crippen LogP contribution in [0.4, 0.5) is 5.69 Å². The molecule has 1 aromatic heterocycles. The summed E-state index contributed by atoms with van der Waals surface area (Å²) < 4.78 is 15.2. The number of nitrogens with zero attached hydrogens (tertiary/aromatic N) is 2. The van der Waals surface area contributed by atoms with Crippen molar-refractivity contribution in [1.29, 1.82) is 5.26 Å². The largest absolute Gasteiger partial charge is 0.493 e. The molecule has 0 saturated heterocycles. The van der Waals surface area contributed by atoms with Gasteiger partial charge in [0, 0.05) is 17.1 Å². The van der Waals surface area contributed by atoms with Crippen LogP contribution in [-0.4, -0.2) is 43.9 Å². The van der Waals surface area contributed by atoms with E-state index in [9.17, 15) is 14.9 Å². The monoisotopic (exact) mass is 437 g/mol. The van der Waals surface area contributed by atoms with Gasteiger partial charge in [0.25, 0.3) is 0 Å². The van der Waals surface area contributed by atoms with Crippen LogP contribution in [0.3, 0.4) is 0 Å². The summed E-state index contributed by atoms with van der Waals surface area (Å²) in [7, 11) is 4.37. The minimum absolute atomic E-state index is 0.0548. The Bertz CT molecular complexity index is 1170. The average molecular weight is 437 g/mol. The summed E-state index contributed by atoms with van der Waals surface area (Å²) in [5.41, 5.74) is 1.92. The number of anilines is 1. The normalized spacial score (nSPS) is 10.3. The van der Waals surface area contributed by atoms with Gasteiger partial charge < -0.3 is 19.5 Å². The number of carbonyl (C=O) groups is 2. The van der Waals surface area contributed by atoms with E-state index in [1.807, 2.05) is 0 Å². The topological polar surface area (TPSA) is 111 Å². The number of nitrogens with one attached hydrogen (secondary N) is 1. The number of aromatic nitrogens is 1. The number of rotatable bonds is 7. The molecule has 0 bridgehead atoms. The lowest BCUT2D eigenvalue weighted by Crippen LogP contribution is -2.14. The molecular weight excluding hydrogens is 418 g/mol. The summed E-state index contributed by atoms with van der Waals surface area (Å²) in [5.74, 6) is 0.400. The van der Waals surface area contributed by atoms with E-state index in [2.05, 4.69) is 21.1 Å². The summed E-state index contributed by atoms with van der Waals surface area (Å²) in [4.78, 5) is 28.3. The predicted molar refractivity (Wildman–Crippen MR) is 117 cm³/mol. The SMILES string of the molecule is COC(=O)c1ccc(NC(=O)CSc2nc3cc(OC)c(OC)cc3cc2C#N)cc1. The van der Waals surface area contributed by atoms with Gasteiger partial charge in [0.15, 0.2) is 11.5 Å². The number of benzene rings is 2. The highest BCUT2D eigenvalue weighted by molar-refractivity contribution is 8.00. The Balaban J connectivity index is 1.74. The van der Waals surface area contributed by atoms with Crippen molar-refractivity contribution in [1.82, 2.24) is 4.98 Å². The van der Waals surface area contributed by atoms with Gasteiger partial charge in [-0.1, -0.05) is 11.8 Å². The van der Waals surface area contributed by atoms with Gasteiger partial charge in [0.2, 0.25) is 5.91 Å². The van der Waals surface area contributed by atoms with Crippen LogP contribution >= 0.6 is 11.8 Å². The zero-order valence-electron chi connectivity index (χ0n) is 17.1.